The van der Waals surface area contributed by atoms with Gasteiger partial charge in [-0.2, -0.15) is 0 Å². The van der Waals surface area contributed by atoms with E-state index >= 15 is 0 Å². The number of phenols is 1. The maximum atomic E-state index is 10.0. The van der Waals surface area contributed by atoms with E-state index in [-0.39, 0.29) is 5.75 Å². The number of thiocarbonyl (C=S) groups is 3. The highest BCUT2D eigenvalue weighted by molar-refractivity contribution is 7.78. The normalized spacial score (nSPS) is 12.0. The molecule has 0 saturated heterocycles. The third kappa shape index (κ3) is 7.80. The Morgan fingerprint density at radius 3 is 2.06 bits per heavy atom. The van der Waals surface area contributed by atoms with Crippen molar-refractivity contribution >= 4 is 60.7 Å². The van der Waals surface area contributed by atoms with E-state index in [2.05, 4.69) is 60.6 Å². The number of aromatic hydroxyl groups is 1. The molecule has 0 radical (unpaired) electrons. The zero-order valence-electron chi connectivity index (χ0n) is 17.5. The van der Waals surface area contributed by atoms with Crippen molar-refractivity contribution in [2.75, 3.05) is 0 Å². The van der Waals surface area contributed by atoms with Crippen molar-refractivity contribution in [2.45, 2.75) is 51.5 Å². The smallest absolute Gasteiger partial charge is 0.461 e. The summed E-state index contributed by atoms with van der Waals surface area (Å²) in [5.41, 5.74) is 4.62. The average molecular weight is 484 g/mol. The Labute approximate surface area is 201 Å². The molecule has 0 saturated carbocycles. The first-order valence-electron chi connectivity index (χ1n) is 10.3. The summed E-state index contributed by atoms with van der Waals surface area (Å²) in [5, 5.41) is 17.1. The Kier molecular flexibility index (Phi) is 10.8. The highest BCUT2D eigenvalue weighted by atomic mass is 32.1. The molecule has 0 bridgehead atoms. The lowest BCUT2D eigenvalue weighted by atomic mass is 9.95. The SMILES string of the molecule is CCCCCc1ccc(-c2ccc(O)cc2CCC[Si](N=C=S)(N=C=S)N=C=S)cc1. The zero-order valence-corrected chi connectivity index (χ0v) is 21.0. The number of unbranched alkanes of at least 4 members (excludes halogenated alkanes) is 2. The second-order valence-electron chi connectivity index (χ2n) is 7.23. The topological polar surface area (TPSA) is 57.3 Å². The monoisotopic (exact) mass is 483 g/mol. The summed E-state index contributed by atoms with van der Waals surface area (Å²) in [4.78, 5) is 0. The van der Waals surface area contributed by atoms with Crippen LogP contribution in [0.3, 0.4) is 0 Å². The lowest BCUT2D eigenvalue weighted by Gasteiger charge is -2.14. The van der Waals surface area contributed by atoms with Gasteiger partial charge in [0.2, 0.25) is 0 Å². The van der Waals surface area contributed by atoms with E-state index in [4.69, 9.17) is 36.7 Å². The van der Waals surface area contributed by atoms with Crippen molar-refractivity contribution < 1.29 is 5.11 Å². The van der Waals surface area contributed by atoms with Crippen LogP contribution in [0.2, 0.25) is 6.04 Å². The number of benzene rings is 2. The van der Waals surface area contributed by atoms with Crippen LogP contribution in [0.25, 0.3) is 11.1 Å². The number of phenolic OH excluding ortho intramolecular Hbond substituents is 1. The molecule has 160 valence electrons. The van der Waals surface area contributed by atoms with Gasteiger partial charge < -0.3 is 5.11 Å². The molecule has 0 aliphatic rings. The van der Waals surface area contributed by atoms with Crippen LogP contribution < -0.4 is 0 Å². The van der Waals surface area contributed by atoms with Crippen LogP contribution in [0.15, 0.2) is 56.4 Å². The van der Waals surface area contributed by atoms with Crippen LogP contribution >= 0.6 is 36.7 Å². The first-order valence-corrected chi connectivity index (χ1v) is 13.5. The van der Waals surface area contributed by atoms with Crippen LogP contribution in [0.4, 0.5) is 0 Å². The van der Waals surface area contributed by atoms with Gasteiger partial charge in [0.15, 0.2) is 0 Å². The summed E-state index contributed by atoms with van der Waals surface area (Å²) < 4.78 is 12.5. The summed E-state index contributed by atoms with van der Waals surface area (Å²) in [6.07, 6.45) is 6.22. The van der Waals surface area contributed by atoms with Gasteiger partial charge in [-0.25, -0.2) is 14.0 Å². The van der Waals surface area contributed by atoms with Crippen LogP contribution in [0.5, 0.6) is 5.75 Å². The summed E-state index contributed by atoms with van der Waals surface area (Å²) in [5.74, 6) is 0.240. The molecule has 0 fully saturated rings. The van der Waals surface area contributed by atoms with Gasteiger partial charge in [-0.15, -0.1) is 0 Å². The molecule has 0 aliphatic carbocycles. The molecule has 31 heavy (non-hydrogen) atoms. The maximum Gasteiger partial charge on any atom is 0.461 e. The van der Waals surface area contributed by atoms with Crippen LogP contribution in [-0.2, 0) is 12.8 Å². The van der Waals surface area contributed by atoms with Gasteiger partial charge in [-0.1, -0.05) is 50.1 Å². The summed E-state index contributed by atoms with van der Waals surface area (Å²) >= 11 is 14.3. The molecule has 4 nitrogen and oxygen atoms in total. The van der Waals surface area contributed by atoms with Gasteiger partial charge in [0.1, 0.15) is 5.75 Å². The Hall–Kier alpha value is -2.14. The third-order valence-corrected chi connectivity index (χ3v) is 8.25. The zero-order chi connectivity index (χ0) is 22.5. The molecule has 0 aliphatic heterocycles. The Balaban J connectivity index is 2.21. The van der Waals surface area contributed by atoms with Gasteiger partial charge in [0, 0.05) is 6.04 Å². The largest absolute Gasteiger partial charge is 0.508 e. The quantitative estimate of drug-likeness (QED) is 0.153. The Morgan fingerprint density at radius 1 is 0.839 bits per heavy atom. The first-order chi connectivity index (χ1) is 15.1. The molecule has 8 heteroatoms. The summed E-state index contributed by atoms with van der Waals surface area (Å²) in [7, 11) is -2.92. The van der Waals surface area contributed by atoms with Crippen molar-refractivity contribution in [3.8, 4) is 16.9 Å². The van der Waals surface area contributed by atoms with Gasteiger partial charge in [0.25, 0.3) is 0 Å². The van der Waals surface area contributed by atoms with Crippen molar-refractivity contribution in [2.24, 2.45) is 14.0 Å². The van der Waals surface area contributed by atoms with E-state index in [1.807, 2.05) is 6.07 Å². The highest BCUT2D eigenvalue weighted by Crippen LogP contribution is 2.30. The maximum absolute atomic E-state index is 10.0. The minimum Gasteiger partial charge on any atom is -0.508 e. The number of hydrogen-bond donors (Lipinski definition) is 1. The van der Waals surface area contributed by atoms with Crippen LogP contribution in [0.1, 0.15) is 43.7 Å². The third-order valence-electron chi connectivity index (χ3n) is 5.06. The Morgan fingerprint density at radius 2 is 1.48 bits per heavy atom. The molecule has 2 aromatic carbocycles. The molecular weight excluding hydrogens is 459 g/mol. The van der Waals surface area contributed by atoms with Crippen LogP contribution in [-0.4, -0.2) is 29.1 Å². The lowest BCUT2D eigenvalue weighted by Crippen LogP contribution is -2.27. The molecule has 2 aromatic rings. The average Bonchev–Trinajstić information content (AvgIpc) is 2.75. The van der Waals surface area contributed by atoms with E-state index in [0.29, 0.717) is 12.5 Å². The first kappa shape index (κ1) is 25.1. The minimum atomic E-state index is -2.92. The van der Waals surface area contributed by atoms with Crippen molar-refractivity contribution in [3.05, 3.63) is 53.6 Å². The second-order valence-corrected chi connectivity index (χ2v) is 10.5. The van der Waals surface area contributed by atoms with Gasteiger partial charge in [-0.3, -0.25) is 0 Å². The van der Waals surface area contributed by atoms with Gasteiger partial charge in [0.05, 0.1) is 15.5 Å². The fraction of sp³-hybridized carbons (Fsp3) is 0.348. The standard InChI is InChI=1S/C23H25N3OS3Si/c1-2-3-4-6-19-8-10-20(11-9-19)23-13-12-22(27)15-21(23)7-5-14-31(24-16-28,25-17-29)26-18-30/h8-13,15,27H,2-7,14H2,1H3. The number of rotatable bonds is 12. The molecular formula is C23H25N3OS3Si. The predicted molar refractivity (Wildman–Crippen MR) is 141 cm³/mol. The summed E-state index contributed by atoms with van der Waals surface area (Å²) in [6.45, 7) is 2.22. The van der Waals surface area contributed by atoms with E-state index in [1.54, 1.807) is 12.1 Å². The van der Waals surface area contributed by atoms with E-state index < -0.39 is 8.56 Å². The molecule has 0 aromatic heterocycles. The molecule has 0 unspecified atom stereocenters. The van der Waals surface area contributed by atoms with E-state index in [0.717, 1.165) is 29.5 Å². The molecule has 0 heterocycles. The molecule has 1 N–H and O–H groups in total. The van der Waals surface area contributed by atoms with Crippen molar-refractivity contribution in [1.82, 2.24) is 0 Å². The van der Waals surface area contributed by atoms with E-state index in [9.17, 15) is 5.11 Å². The second kappa shape index (κ2) is 13.3. The lowest BCUT2D eigenvalue weighted by molar-refractivity contribution is 0.474. The molecule has 2 rings (SSSR count). The number of isothiocyanates is 3. The molecule has 0 spiro atoms. The number of nitrogens with zero attached hydrogens (tertiary/aromatic N) is 3. The highest BCUT2D eigenvalue weighted by Gasteiger charge is 2.33. The van der Waals surface area contributed by atoms with Crippen molar-refractivity contribution in [3.63, 3.8) is 0 Å². The van der Waals surface area contributed by atoms with E-state index in [1.165, 1.54) is 24.8 Å². The minimum absolute atomic E-state index is 0.240. The fourth-order valence-electron chi connectivity index (χ4n) is 3.48. The molecule has 0 atom stereocenters. The Bertz CT molecular complexity index is 977. The molecule has 0 amide bonds. The summed E-state index contributed by atoms with van der Waals surface area (Å²) in [6, 6.07) is 14.7. The van der Waals surface area contributed by atoms with Gasteiger partial charge in [-0.05, 0) is 96.7 Å². The van der Waals surface area contributed by atoms with Gasteiger partial charge >= 0.3 is 8.56 Å². The van der Waals surface area contributed by atoms with Crippen molar-refractivity contribution in [1.29, 1.82) is 0 Å². The predicted octanol–water partition coefficient (Wildman–Crippen LogP) is 6.97. The van der Waals surface area contributed by atoms with Crippen LogP contribution in [0, 0.1) is 0 Å². The number of aryl methyl sites for hydroxylation is 2. The fourth-order valence-corrected chi connectivity index (χ4v) is 6.37. The number of hydrogen-bond acceptors (Lipinski definition) is 7.